The molecule has 2 aliphatic heterocycles. The summed E-state index contributed by atoms with van der Waals surface area (Å²) in [7, 11) is 1.68. The Labute approximate surface area is 166 Å². The van der Waals surface area contributed by atoms with Gasteiger partial charge in [0.05, 0.1) is 24.7 Å². The van der Waals surface area contributed by atoms with Crippen LogP contribution in [-0.4, -0.2) is 59.0 Å². The first kappa shape index (κ1) is 18.7. The zero-order valence-corrected chi connectivity index (χ0v) is 16.6. The lowest BCUT2D eigenvalue weighted by molar-refractivity contribution is -0.139. The topological polar surface area (TPSA) is 61.5 Å². The molecule has 1 aromatic heterocycles. The maximum absolute atomic E-state index is 12.3. The minimum absolute atomic E-state index is 0.154. The molecule has 2 aliphatic rings. The van der Waals surface area contributed by atoms with Crippen molar-refractivity contribution in [2.45, 2.75) is 31.7 Å². The molecule has 0 unspecified atom stereocenters. The molecule has 1 spiro atoms. The van der Waals surface area contributed by atoms with Gasteiger partial charge in [-0.3, -0.25) is 9.69 Å². The standard InChI is InChI=1S/C22H28N4O2/c1-17(27)26-13-9-20-21(24-16-23-20)22(26)10-14-25(15-11-22)12-3-4-18-5-7-19(28-2)8-6-18/h3-8,16H,9-15H2,1-2H3,(H,23,24)/b4-3+. The molecule has 148 valence electrons. The van der Waals surface area contributed by atoms with E-state index in [2.05, 4.69) is 44.1 Å². The smallest absolute Gasteiger partial charge is 0.220 e. The van der Waals surface area contributed by atoms with Crippen LogP contribution in [0.1, 0.15) is 36.7 Å². The molecule has 4 rings (SSSR count). The fraction of sp³-hybridized carbons (Fsp3) is 0.455. The van der Waals surface area contributed by atoms with Crippen LogP contribution in [0.25, 0.3) is 6.08 Å². The number of fused-ring (bicyclic) bond motifs is 2. The van der Waals surface area contributed by atoms with Crippen molar-refractivity contribution in [2.24, 2.45) is 0 Å². The zero-order chi connectivity index (χ0) is 19.6. The molecular formula is C22H28N4O2. The van der Waals surface area contributed by atoms with Crippen LogP contribution in [0.15, 0.2) is 36.7 Å². The first-order valence-corrected chi connectivity index (χ1v) is 9.96. The van der Waals surface area contributed by atoms with Gasteiger partial charge in [0.1, 0.15) is 5.75 Å². The summed E-state index contributed by atoms with van der Waals surface area (Å²) in [5.74, 6) is 1.03. The van der Waals surface area contributed by atoms with E-state index in [0.717, 1.165) is 56.9 Å². The summed E-state index contributed by atoms with van der Waals surface area (Å²) in [4.78, 5) is 24.7. The number of carbonyl (C=O) groups is 1. The number of hydrogen-bond donors (Lipinski definition) is 1. The van der Waals surface area contributed by atoms with Crippen LogP contribution in [0.4, 0.5) is 0 Å². The first-order chi connectivity index (χ1) is 13.6. The summed E-state index contributed by atoms with van der Waals surface area (Å²) < 4.78 is 5.20. The van der Waals surface area contributed by atoms with E-state index in [9.17, 15) is 4.79 Å². The van der Waals surface area contributed by atoms with Gasteiger partial charge in [-0.2, -0.15) is 0 Å². The Balaban J connectivity index is 1.41. The van der Waals surface area contributed by atoms with Crippen molar-refractivity contribution in [3.05, 3.63) is 53.6 Å². The number of imidazole rings is 1. The van der Waals surface area contributed by atoms with E-state index < -0.39 is 0 Å². The molecule has 0 aliphatic carbocycles. The highest BCUT2D eigenvalue weighted by Crippen LogP contribution is 2.42. The molecule has 0 atom stereocenters. The quantitative estimate of drug-likeness (QED) is 0.886. The molecule has 1 amide bonds. The van der Waals surface area contributed by atoms with Gasteiger partial charge in [0.15, 0.2) is 0 Å². The lowest BCUT2D eigenvalue weighted by Crippen LogP contribution is -2.57. The van der Waals surface area contributed by atoms with Crippen molar-refractivity contribution in [1.29, 1.82) is 0 Å². The lowest BCUT2D eigenvalue weighted by Gasteiger charge is -2.50. The van der Waals surface area contributed by atoms with E-state index in [4.69, 9.17) is 4.74 Å². The molecule has 1 saturated heterocycles. The molecule has 2 aromatic rings. The van der Waals surface area contributed by atoms with Crippen molar-refractivity contribution in [2.75, 3.05) is 33.3 Å². The number of carbonyl (C=O) groups excluding carboxylic acids is 1. The van der Waals surface area contributed by atoms with Crippen molar-refractivity contribution in [3.63, 3.8) is 0 Å². The fourth-order valence-electron chi connectivity index (χ4n) is 4.60. The predicted octanol–water partition coefficient (Wildman–Crippen LogP) is 2.83. The minimum atomic E-state index is -0.240. The number of likely N-dealkylation sites (tertiary alicyclic amines) is 1. The lowest BCUT2D eigenvalue weighted by atomic mass is 9.78. The second-order valence-corrected chi connectivity index (χ2v) is 7.66. The molecule has 1 fully saturated rings. The molecule has 6 nitrogen and oxygen atoms in total. The molecule has 0 bridgehead atoms. The van der Waals surface area contributed by atoms with Crippen LogP contribution >= 0.6 is 0 Å². The fourth-order valence-corrected chi connectivity index (χ4v) is 4.60. The number of rotatable bonds is 4. The Morgan fingerprint density at radius 1 is 1.25 bits per heavy atom. The van der Waals surface area contributed by atoms with Crippen LogP contribution in [0.5, 0.6) is 5.75 Å². The second kappa shape index (κ2) is 7.80. The van der Waals surface area contributed by atoms with Gasteiger partial charge < -0.3 is 14.6 Å². The van der Waals surface area contributed by atoms with Crippen molar-refractivity contribution < 1.29 is 9.53 Å². The number of aromatic amines is 1. The molecule has 0 radical (unpaired) electrons. The number of H-pyrrole nitrogens is 1. The highest BCUT2D eigenvalue weighted by atomic mass is 16.5. The minimum Gasteiger partial charge on any atom is -0.497 e. The summed E-state index contributed by atoms with van der Waals surface area (Å²) in [5.41, 5.74) is 3.22. The number of hydrogen-bond acceptors (Lipinski definition) is 4. The maximum atomic E-state index is 12.3. The summed E-state index contributed by atoms with van der Waals surface area (Å²) in [5, 5.41) is 0. The number of aromatic nitrogens is 2. The molecule has 0 saturated carbocycles. The predicted molar refractivity (Wildman–Crippen MR) is 109 cm³/mol. The first-order valence-electron chi connectivity index (χ1n) is 9.96. The zero-order valence-electron chi connectivity index (χ0n) is 16.6. The number of piperidine rings is 1. The van der Waals surface area contributed by atoms with Crippen LogP contribution in [0.3, 0.4) is 0 Å². The molecule has 3 heterocycles. The number of benzene rings is 1. The molecule has 28 heavy (non-hydrogen) atoms. The number of amides is 1. The maximum Gasteiger partial charge on any atom is 0.220 e. The Morgan fingerprint density at radius 2 is 2.00 bits per heavy atom. The van der Waals surface area contributed by atoms with Gasteiger partial charge in [0, 0.05) is 45.2 Å². The van der Waals surface area contributed by atoms with E-state index in [1.54, 1.807) is 20.4 Å². The van der Waals surface area contributed by atoms with Gasteiger partial charge in [-0.15, -0.1) is 0 Å². The molecule has 1 N–H and O–H groups in total. The van der Waals surface area contributed by atoms with Crippen LogP contribution in [0, 0.1) is 0 Å². The number of nitrogens with one attached hydrogen (secondary N) is 1. The number of ether oxygens (including phenoxy) is 1. The van der Waals surface area contributed by atoms with Crippen molar-refractivity contribution in [3.8, 4) is 5.75 Å². The normalized spacial score (nSPS) is 19.1. The summed E-state index contributed by atoms with van der Waals surface area (Å²) in [6.07, 6.45) is 8.87. The highest BCUT2D eigenvalue weighted by molar-refractivity contribution is 5.75. The SMILES string of the molecule is COc1ccc(/C=C/CN2CCC3(CC2)c2nc[nH]c2CCN3C(C)=O)cc1. The van der Waals surface area contributed by atoms with Crippen LogP contribution < -0.4 is 4.74 Å². The molecule has 6 heteroatoms. The highest BCUT2D eigenvalue weighted by Gasteiger charge is 2.47. The Bertz CT molecular complexity index is 848. The Hall–Kier alpha value is -2.60. The number of methoxy groups -OCH3 is 1. The number of nitrogens with zero attached hydrogens (tertiary/aromatic N) is 3. The molecular weight excluding hydrogens is 352 g/mol. The largest absolute Gasteiger partial charge is 0.497 e. The Kier molecular flexibility index (Phi) is 5.22. The van der Waals surface area contributed by atoms with E-state index in [1.807, 2.05) is 12.1 Å². The third-order valence-electron chi connectivity index (χ3n) is 6.11. The van der Waals surface area contributed by atoms with Gasteiger partial charge in [0.2, 0.25) is 5.91 Å². The average Bonchev–Trinajstić information content (AvgIpc) is 3.20. The van der Waals surface area contributed by atoms with Gasteiger partial charge in [0.25, 0.3) is 0 Å². The van der Waals surface area contributed by atoms with Crippen LogP contribution in [0.2, 0.25) is 0 Å². The van der Waals surface area contributed by atoms with Gasteiger partial charge in [-0.05, 0) is 30.5 Å². The van der Waals surface area contributed by atoms with Crippen LogP contribution in [-0.2, 0) is 16.8 Å². The average molecular weight is 380 g/mol. The van der Waals surface area contributed by atoms with Gasteiger partial charge in [-0.25, -0.2) is 4.98 Å². The van der Waals surface area contributed by atoms with E-state index in [1.165, 1.54) is 11.3 Å². The third-order valence-corrected chi connectivity index (χ3v) is 6.11. The molecule has 1 aromatic carbocycles. The summed E-state index contributed by atoms with van der Waals surface area (Å²) >= 11 is 0. The van der Waals surface area contributed by atoms with E-state index in [0.29, 0.717) is 0 Å². The van der Waals surface area contributed by atoms with Gasteiger partial charge >= 0.3 is 0 Å². The van der Waals surface area contributed by atoms with Crippen molar-refractivity contribution in [1.82, 2.24) is 19.8 Å². The monoisotopic (exact) mass is 380 g/mol. The van der Waals surface area contributed by atoms with Crippen molar-refractivity contribution >= 4 is 12.0 Å². The Morgan fingerprint density at radius 3 is 2.68 bits per heavy atom. The van der Waals surface area contributed by atoms with Gasteiger partial charge in [-0.1, -0.05) is 24.3 Å². The second-order valence-electron chi connectivity index (χ2n) is 7.66. The third kappa shape index (κ3) is 3.44. The summed E-state index contributed by atoms with van der Waals surface area (Å²) in [6.45, 7) is 5.30. The van der Waals surface area contributed by atoms with E-state index >= 15 is 0 Å². The summed E-state index contributed by atoms with van der Waals surface area (Å²) in [6, 6.07) is 8.08. The van der Waals surface area contributed by atoms with E-state index in [-0.39, 0.29) is 11.4 Å².